The molecule has 0 saturated carbocycles. The van der Waals surface area contributed by atoms with Gasteiger partial charge < -0.3 is 14.9 Å². The second-order valence-corrected chi connectivity index (χ2v) is 4.92. The summed E-state index contributed by atoms with van der Waals surface area (Å²) in [6.07, 6.45) is 0.772. The van der Waals surface area contributed by atoms with Crippen LogP contribution >= 0.6 is 0 Å². The summed E-state index contributed by atoms with van der Waals surface area (Å²) in [6, 6.07) is 10.5. The van der Waals surface area contributed by atoms with Crippen molar-refractivity contribution in [2.75, 3.05) is 0 Å². The molecule has 1 aliphatic rings. The summed E-state index contributed by atoms with van der Waals surface area (Å²) in [7, 11) is 0. The molecule has 0 bridgehead atoms. The molecule has 2 N–H and O–H groups in total. The third kappa shape index (κ3) is 2.19. The molecular formula is C15H17NO2. The SMILES string of the molecule is CC(N)Cc1ccc(-c2ccc3c(c2)COC3)o1. The number of nitrogens with two attached hydrogens (primary N) is 1. The molecule has 1 aromatic heterocycles. The molecule has 2 aromatic rings. The molecule has 1 aromatic carbocycles. The maximum Gasteiger partial charge on any atom is 0.134 e. The summed E-state index contributed by atoms with van der Waals surface area (Å²) < 4.78 is 11.2. The molecule has 1 aliphatic heterocycles. The van der Waals surface area contributed by atoms with E-state index in [9.17, 15) is 0 Å². The Labute approximate surface area is 107 Å². The number of hydrogen-bond acceptors (Lipinski definition) is 3. The minimum Gasteiger partial charge on any atom is -0.461 e. The van der Waals surface area contributed by atoms with Crippen molar-refractivity contribution in [3.8, 4) is 11.3 Å². The van der Waals surface area contributed by atoms with E-state index in [0.717, 1.165) is 30.1 Å². The highest BCUT2D eigenvalue weighted by Gasteiger charge is 2.13. The monoisotopic (exact) mass is 243 g/mol. The molecule has 1 atom stereocenters. The maximum atomic E-state index is 5.82. The van der Waals surface area contributed by atoms with E-state index in [2.05, 4.69) is 18.2 Å². The zero-order chi connectivity index (χ0) is 12.5. The Balaban J connectivity index is 1.88. The van der Waals surface area contributed by atoms with Crippen LogP contribution in [0.2, 0.25) is 0 Å². The first-order valence-corrected chi connectivity index (χ1v) is 6.26. The van der Waals surface area contributed by atoms with Crippen LogP contribution < -0.4 is 5.73 Å². The number of rotatable bonds is 3. The van der Waals surface area contributed by atoms with Gasteiger partial charge >= 0.3 is 0 Å². The molecule has 0 radical (unpaired) electrons. The van der Waals surface area contributed by atoms with Crippen LogP contribution in [0.15, 0.2) is 34.7 Å². The lowest BCUT2D eigenvalue weighted by Crippen LogP contribution is -2.17. The van der Waals surface area contributed by atoms with Crippen molar-refractivity contribution in [3.63, 3.8) is 0 Å². The normalized spacial score (nSPS) is 15.7. The Bertz CT molecular complexity index is 557. The van der Waals surface area contributed by atoms with Gasteiger partial charge in [0.2, 0.25) is 0 Å². The molecule has 0 fully saturated rings. The van der Waals surface area contributed by atoms with Crippen molar-refractivity contribution in [2.24, 2.45) is 5.73 Å². The summed E-state index contributed by atoms with van der Waals surface area (Å²) in [5, 5.41) is 0. The fourth-order valence-electron chi connectivity index (χ4n) is 2.29. The quantitative estimate of drug-likeness (QED) is 0.901. The summed E-state index contributed by atoms with van der Waals surface area (Å²) in [4.78, 5) is 0. The van der Waals surface area contributed by atoms with E-state index in [-0.39, 0.29) is 6.04 Å². The summed E-state index contributed by atoms with van der Waals surface area (Å²) in [5.41, 5.74) is 9.42. The highest BCUT2D eigenvalue weighted by atomic mass is 16.5. The van der Waals surface area contributed by atoms with E-state index in [1.165, 1.54) is 11.1 Å². The van der Waals surface area contributed by atoms with Crippen molar-refractivity contribution in [2.45, 2.75) is 32.6 Å². The topological polar surface area (TPSA) is 48.4 Å². The van der Waals surface area contributed by atoms with Crippen molar-refractivity contribution in [1.82, 2.24) is 0 Å². The first-order chi connectivity index (χ1) is 8.72. The van der Waals surface area contributed by atoms with Crippen molar-refractivity contribution in [3.05, 3.63) is 47.2 Å². The Hall–Kier alpha value is -1.58. The van der Waals surface area contributed by atoms with Crippen molar-refractivity contribution >= 4 is 0 Å². The van der Waals surface area contributed by atoms with Gasteiger partial charge in [0.25, 0.3) is 0 Å². The zero-order valence-electron chi connectivity index (χ0n) is 10.5. The van der Waals surface area contributed by atoms with Crippen LogP contribution in [-0.4, -0.2) is 6.04 Å². The molecule has 0 spiro atoms. The predicted molar refractivity (Wildman–Crippen MR) is 70.0 cm³/mol. The Morgan fingerprint density at radius 2 is 2.00 bits per heavy atom. The summed E-state index contributed by atoms with van der Waals surface area (Å²) in [6.45, 7) is 3.41. The van der Waals surface area contributed by atoms with Gasteiger partial charge in [-0.2, -0.15) is 0 Å². The van der Waals surface area contributed by atoms with Crippen LogP contribution in [0.4, 0.5) is 0 Å². The highest BCUT2D eigenvalue weighted by molar-refractivity contribution is 5.60. The van der Waals surface area contributed by atoms with Gasteiger partial charge in [-0.3, -0.25) is 0 Å². The third-order valence-corrected chi connectivity index (χ3v) is 3.19. The molecule has 1 unspecified atom stereocenters. The minimum atomic E-state index is 0.123. The van der Waals surface area contributed by atoms with Gasteiger partial charge in [0.1, 0.15) is 11.5 Å². The van der Waals surface area contributed by atoms with Gasteiger partial charge in [-0.1, -0.05) is 12.1 Å². The number of ether oxygens (including phenoxy) is 1. The summed E-state index contributed by atoms with van der Waals surface area (Å²) >= 11 is 0. The Morgan fingerprint density at radius 1 is 1.17 bits per heavy atom. The highest BCUT2D eigenvalue weighted by Crippen LogP contribution is 2.28. The molecule has 0 amide bonds. The molecule has 3 heteroatoms. The van der Waals surface area contributed by atoms with E-state index >= 15 is 0 Å². The van der Waals surface area contributed by atoms with Gasteiger partial charge in [0, 0.05) is 18.0 Å². The lowest BCUT2D eigenvalue weighted by molar-refractivity contribution is 0.134. The molecular weight excluding hydrogens is 226 g/mol. The van der Waals surface area contributed by atoms with Gasteiger partial charge in [-0.25, -0.2) is 0 Å². The van der Waals surface area contributed by atoms with E-state index in [1.54, 1.807) is 0 Å². The lowest BCUT2D eigenvalue weighted by atomic mass is 10.1. The van der Waals surface area contributed by atoms with Crippen LogP contribution in [0.5, 0.6) is 0 Å². The predicted octanol–water partition coefficient (Wildman–Crippen LogP) is 2.87. The standard InChI is InChI=1S/C15H17NO2/c1-10(16)6-14-4-5-15(18-14)11-2-3-12-8-17-9-13(12)7-11/h2-5,7,10H,6,8-9,16H2,1H3. The average molecular weight is 243 g/mol. The average Bonchev–Trinajstić information content (AvgIpc) is 2.95. The van der Waals surface area contributed by atoms with Gasteiger partial charge in [0.15, 0.2) is 0 Å². The molecule has 18 heavy (non-hydrogen) atoms. The number of benzene rings is 1. The number of hydrogen-bond donors (Lipinski definition) is 1. The van der Waals surface area contributed by atoms with Crippen LogP contribution in [0.3, 0.4) is 0 Å². The van der Waals surface area contributed by atoms with Crippen LogP contribution in [0.1, 0.15) is 23.8 Å². The van der Waals surface area contributed by atoms with Gasteiger partial charge in [-0.05, 0) is 36.2 Å². The van der Waals surface area contributed by atoms with Gasteiger partial charge in [0.05, 0.1) is 13.2 Å². The second-order valence-electron chi connectivity index (χ2n) is 4.92. The van der Waals surface area contributed by atoms with Crippen molar-refractivity contribution < 1.29 is 9.15 Å². The minimum absolute atomic E-state index is 0.123. The zero-order valence-corrected chi connectivity index (χ0v) is 10.5. The largest absolute Gasteiger partial charge is 0.461 e. The summed E-state index contributed by atoms with van der Waals surface area (Å²) in [5.74, 6) is 1.84. The van der Waals surface area contributed by atoms with E-state index in [0.29, 0.717) is 6.61 Å². The molecule has 0 saturated heterocycles. The number of furan rings is 1. The fourth-order valence-corrected chi connectivity index (χ4v) is 2.29. The Morgan fingerprint density at radius 3 is 2.83 bits per heavy atom. The van der Waals surface area contributed by atoms with E-state index < -0.39 is 0 Å². The molecule has 94 valence electrons. The third-order valence-electron chi connectivity index (χ3n) is 3.19. The van der Waals surface area contributed by atoms with E-state index in [4.69, 9.17) is 14.9 Å². The lowest BCUT2D eigenvalue weighted by Gasteiger charge is -2.02. The molecule has 0 aliphatic carbocycles. The fraction of sp³-hybridized carbons (Fsp3) is 0.333. The Kier molecular flexibility index (Phi) is 2.94. The molecule has 3 nitrogen and oxygen atoms in total. The van der Waals surface area contributed by atoms with Crippen molar-refractivity contribution in [1.29, 1.82) is 0 Å². The van der Waals surface area contributed by atoms with Crippen LogP contribution in [-0.2, 0) is 24.4 Å². The van der Waals surface area contributed by atoms with Crippen LogP contribution in [0, 0.1) is 0 Å². The molecule has 2 heterocycles. The second kappa shape index (κ2) is 4.59. The first kappa shape index (κ1) is 11.5. The van der Waals surface area contributed by atoms with Crippen LogP contribution in [0.25, 0.3) is 11.3 Å². The maximum absolute atomic E-state index is 5.82. The van der Waals surface area contributed by atoms with E-state index in [1.807, 2.05) is 19.1 Å². The number of fused-ring (bicyclic) bond motifs is 1. The molecule has 3 rings (SSSR count). The van der Waals surface area contributed by atoms with Gasteiger partial charge in [-0.15, -0.1) is 0 Å². The first-order valence-electron chi connectivity index (χ1n) is 6.26. The smallest absolute Gasteiger partial charge is 0.134 e.